The summed E-state index contributed by atoms with van der Waals surface area (Å²) < 4.78 is 0. The van der Waals surface area contributed by atoms with E-state index in [4.69, 9.17) is 5.73 Å². The van der Waals surface area contributed by atoms with Crippen LogP contribution in [0.5, 0.6) is 0 Å². The summed E-state index contributed by atoms with van der Waals surface area (Å²) in [5.74, 6) is 1.41. The highest BCUT2D eigenvalue weighted by Gasteiger charge is 2.20. The average Bonchev–Trinajstić information content (AvgIpc) is 2.16. The second-order valence-electron chi connectivity index (χ2n) is 4.00. The summed E-state index contributed by atoms with van der Waals surface area (Å²) in [6.07, 6.45) is 6.69. The molecular weight excluding hydrogens is 188 g/mol. The van der Waals surface area contributed by atoms with E-state index in [9.17, 15) is 0 Å². The van der Waals surface area contributed by atoms with Crippen molar-refractivity contribution in [3.05, 3.63) is 18.0 Å². The number of anilines is 1. The second-order valence-corrected chi connectivity index (χ2v) is 4.00. The highest BCUT2D eigenvalue weighted by Crippen LogP contribution is 2.35. The lowest BCUT2D eigenvalue weighted by Gasteiger charge is -2.24. The molecule has 4 heteroatoms. The van der Waals surface area contributed by atoms with E-state index in [1.165, 1.54) is 25.0 Å². The lowest BCUT2D eigenvalue weighted by atomic mass is 9.83. The normalized spacial score (nSPS) is 16.1. The fourth-order valence-corrected chi connectivity index (χ4v) is 1.69. The molecule has 82 valence electrons. The Kier molecular flexibility index (Phi) is 3.50. The van der Waals surface area contributed by atoms with Crippen LogP contribution in [-0.4, -0.2) is 23.1 Å². The highest BCUT2D eigenvalue weighted by molar-refractivity contribution is 5.26. The summed E-state index contributed by atoms with van der Waals surface area (Å²) in [7, 11) is 0. The third-order valence-electron chi connectivity index (χ3n) is 2.86. The van der Waals surface area contributed by atoms with Crippen molar-refractivity contribution in [2.45, 2.75) is 31.6 Å². The van der Waals surface area contributed by atoms with E-state index in [-0.39, 0.29) is 0 Å². The van der Waals surface area contributed by atoms with E-state index in [2.05, 4.69) is 15.3 Å². The molecule has 1 heterocycles. The van der Waals surface area contributed by atoms with Crippen molar-refractivity contribution in [3.8, 4) is 0 Å². The molecule has 0 aromatic carbocycles. The fraction of sp³-hybridized carbons (Fsp3) is 0.636. The van der Waals surface area contributed by atoms with Gasteiger partial charge in [-0.15, -0.1) is 0 Å². The Morgan fingerprint density at radius 3 is 3.00 bits per heavy atom. The molecule has 0 amide bonds. The smallest absolute Gasteiger partial charge is 0.222 e. The van der Waals surface area contributed by atoms with Crippen molar-refractivity contribution in [1.29, 1.82) is 0 Å². The molecular formula is C11H18N4. The van der Waals surface area contributed by atoms with Gasteiger partial charge in [0.25, 0.3) is 0 Å². The van der Waals surface area contributed by atoms with Crippen molar-refractivity contribution in [2.24, 2.45) is 5.73 Å². The summed E-state index contributed by atoms with van der Waals surface area (Å²) in [5, 5.41) is 3.19. The van der Waals surface area contributed by atoms with E-state index < -0.39 is 0 Å². The Labute approximate surface area is 90.3 Å². The van der Waals surface area contributed by atoms with Crippen molar-refractivity contribution in [2.75, 3.05) is 18.4 Å². The lowest BCUT2D eigenvalue weighted by Crippen LogP contribution is -2.14. The number of hydrogen-bond donors (Lipinski definition) is 2. The Hall–Kier alpha value is -1.16. The van der Waals surface area contributed by atoms with Gasteiger partial charge in [0, 0.05) is 24.4 Å². The third-order valence-corrected chi connectivity index (χ3v) is 2.86. The molecule has 3 N–H and O–H groups in total. The monoisotopic (exact) mass is 206 g/mol. The second kappa shape index (κ2) is 5.07. The maximum absolute atomic E-state index is 5.42. The van der Waals surface area contributed by atoms with E-state index in [0.29, 0.717) is 12.5 Å². The number of nitrogens with zero attached hydrogens (tertiary/aromatic N) is 2. The van der Waals surface area contributed by atoms with Crippen LogP contribution in [0.4, 0.5) is 5.95 Å². The predicted octanol–water partition coefficient (Wildman–Crippen LogP) is 1.50. The SMILES string of the molecule is NCCCNc1nccc(C2CCC2)n1. The van der Waals surface area contributed by atoms with Gasteiger partial charge in [0.05, 0.1) is 0 Å². The molecule has 4 nitrogen and oxygen atoms in total. The van der Waals surface area contributed by atoms with Crippen molar-refractivity contribution in [1.82, 2.24) is 9.97 Å². The standard InChI is InChI=1S/C11H18N4/c12-6-2-7-13-11-14-8-5-10(15-11)9-3-1-4-9/h5,8-9H,1-4,6-7,12H2,(H,13,14,15). The molecule has 1 aromatic rings. The molecule has 0 unspecified atom stereocenters. The van der Waals surface area contributed by atoms with Crippen molar-refractivity contribution >= 4 is 5.95 Å². The van der Waals surface area contributed by atoms with Gasteiger partial charge in [-0.2, -0.15) is 0 Å². The molecule has 1 aliphatic carbocycles. The van der Waals surface area contributed by atoms with Gasteiger partial charge in [0.1, 0.15) is 0 Å². The van der Waals surface area contributed by atoms with Crippen LogP contribution in [0.15, 0.2) is 12.3 Å². The number of aromatic nitrogens is 2. The van der Waals surface area contributed by atoms with Crippen LogP contribution in [0.1, 0.15) is 37.3 Å². The number of nitrogens with one attached hydrogen (secondary N) is 1. The molecule has 1 saturated carbocycles. The Bertz CT molecular complexity index is 309. The molecule has 0 aliphatic heterocycles. The van der Waals surface area contributed by atoms with Gasteiger partial charge in [-0.1, -0.05) is 6.42 Å². The zero-order valence-corrected chi connectivity index (χ0v) is 8.95. The first kappa shape index (κ1) is 10.4. The summed E-state index contributed by atoms with van der Waals surface area (Å²) in [5.41, 5.74) is 6.61. The van der Waals surface area contributed by atoms with Crippen LogP contribution in [-0.2, 0) is 0 Å². The molecule has 0 saturated heterocycles. The molecule has 0 bridgehead atoms. The lowest BCUT2D eigenvalue weighted by molar-refractivity contribution is 0.411. The third kappa shape index (κ3) is 2.65. The Morgan fingerprint density at radius 2 is 2.33 bits per heavy atom. The average molecular weight is 206 g/mol. The first-order valence-corrected chi connectivity index (χ1v) is 5.67. The van der Waals surface area contributed by atoms with Gasteiger partial charge < -0.3 is 11.1 Å². The van der Waals surface area contributed by atoms with Crippen LogP contribution in [0.25, 0.3) is 0 Å². The van der Waals surface area contributed by atoms with Crippen LogP contribution in [0.3, 0.4) is 0 Å². The molecule has 0 spiro atoms. The van der Waals surface area contributed by atoms with Gasteiger partial charge in [0.2, 0.25) is 5.95 Å². The summed E-state index contributed by atoms with van der Waals surface area (Å²) in [6.45, 7) is 1.56. The van der Waals surface area contributed by atoms with E-state index >= 15 is 0 Å². The zero-order chi connectivity index (χ0) is 10.5. The molecule has 15 heavy (non-hydrogen) atoms. The summed E-state index contributed by atoms with van der Waals surface area (Å²) in [4.78, 5) is 8.69. The first-order valence-electron chi connectivity index (χ1n) is 5.67. The van der Waals surface area contributed by atoms with Crippen LogP contribution < -0.4 is 11.1 Å². The van der Waals surface area contributed by atoms with Crippen LogP contribution in [0.2, 0.25) is 0 Å². The van der Waals surface area contributed by atoms with Gasteiger partial charge in [-0.3, -0.25) is 0 Å². The Balaban J connectivity index is 1.92. The molecule has 2 rings (SSSR count). The zero-order valence-electron chi connectivity index (χ0n) is 8.95. The minimum Gasteiger partial charge on any atom is -0.354 e. The summed E-state index contributed by atoms with van der Waals surface area (Å²) >= 11 is 0. The molecule has 0 radical (unpaired) electrons. The maximum atomic E-state index is 5.42. The quantitative estimate of drug-likeness (QED) is 0.717. The van der Waals surface area contributed by atoms with Gasteiger partial charge in [-0.05, 0) is 31.9 Å². The molecule has 1 aromatic heterocycles. The Morgan fingerprint density at radius 1 is 1.47 bits per heavy atom. The maximum Gasteiger partial charge on any atom is 0.222 e. The van der Waals surface area contributed by atoms with Crippen molar-refractivity contribution in [3.63, 3.8) is 0 Å². The molecule has 1 fully saturated rings. The highest BCUT2D eigenvalue weighted by atomic mass is 15.1. The van der Waals surface area contributed by atoms with Gasteiger partial charge in [-0.25, -0.2) is 9.97 Å². The molecule has 1 aliphatic rings. The summed E-state index contributed by atoms with van der Waals surface area (Å²) in [6, 6.07) is 2.03. The topological polar surface area (TPSA) is 63.8 Å². The molecule has 0 atom stereocenters. The van der Waals surface area contributed by atoms with Crippen LogP contribution >= 0.6 is 0 Å². The van der Waals surface area contributed by atoms with Gasteiger partial charge in [0.15, 0.2) is 0 Å². The first-order chi connectivity index (χ1) is 7.40. The minimum absolute atomic E-state index is 0.669. The van der Waals surface area contributed by atoms with Crippen LogP contribution in [0, 0.1) is 0 Å². The van der Waals surface area contributed by atoms with E-state index in [0.717, 1.165) is 18.9 Å². The van der Waals surface area contributed by atoms with Crippen molar-refractivity contribution < 1.29 is 0 Å². The number of hydrogen-bond acceptors (Lipinski definition) is 4. The fourth-order valence-electron chi connectivity index (χ4n) is 1.69. The largest absolute Gasteiger partial charge is 0.354 e. The number of nitrogens with two attached hydrogens (primary N) is 1. The minimum atomic E-state index is 0.669. The van der Waals surface area contributed by atoms with E-state index in [1.807, 2.05) is 12.3 Å². The van der Waals surface area contributed by atoms with Gasteiger partial charge >= 0.3 is 0 Å². The predicted molar refractivity (Wildman–Crippen MR) is 60.8 cm³/mol. The number of rotatable bonds is 5. The van der Waals surface area contributed by atoms with E-state index in [1.54, 1.807) is 0 Å².